The molecule has 1 heterocycles. The fraction of sp³-hybridized carbons (Fsp3) is 0.333. The number of carbonyl (C=O) groups excluding carboxylic acids is 1. The first-order valence-electron chi connectivity index (χ1n) is 5.07. The maximum Gasteiger partial charge on any atom is 0.336 e. The van der Waals surface area contributed by atoms with Crippen molar-refractivity contribution in [3.63, 3.8) is 0 Å². The standard InChI is InChI=1S/C12H16N2O2/c1-5-6-7-8-11(15)16-12-9(2)13-14(4)10(12)3/h5-8H,1-4H3. The van der Waals surface area contributed by atoms with E-state index >= 15 is 0 Å². The Balaban J connectivity index is 2.77. The molecule has 1 rings (SSSR count). The molecule has 1 aromatic rings. The van der Waals surface area contributed by atoms with Gasteiger partial charge < -0.3 is 4.74 Å². The van der Waals surface area contributed by atoms with Crippen molar-refractivity contribution in [3.8, 4) is 5.75 Å². The molecule has 0 N–H and O–H groups in total. The van der Waals surface area contributed by atoms with Crippen LogP contribution in [-0.2, 0) is 11.8 Å². The number of carbonyl (C=O) groups is 1. The summed E-state index contributed by atoms with van der Waals surface area (Å²) in [6.07, 6.45) is 6.63. The molecule has 4 nitrogen and oxygen atoms in total. The van der Waals surface area contributed by atoms with Crippen molar-refractivity contribution >= 4 is 5.97 Å². The number of rotatable bonds is 3. The lowest BCUT2D eigenvalue weighted by molar-refractivity contribution is -0.129. The van der Waals surface area contributed by atoms with E-state index in [2.05, 4.69) is 5.10 Å². The molecule has 0 unspecified atom stereocenters. The first-order valence-corrected chi connectivity index (χ1v) is 5.07. The summed E-state index contributed by atoms with van der Waals surface area (Å²) in [7, 11) is 1.81. The third-order valence-electron chi connectivity index (χ3n) is 2.18. The summed E-state index contributed by atoms with van der Waals surface area (Å²) in [5.41, 5.74) is 1.55. The number of esters is 1. The molecule has 0 fully saturated rings. The lowest BCUT2D eigenvalue weighted by Crippen LogP contribution is -2.05. The van der Waals surface area contributed by atoms with Gasteiger partial charge in [0.1, 0.15) is 5.69 Å². The minimum absolute atomic E-state index is 0.391. The number of aromatic nitrogens is 2. The van der Waals surface area contributed by atoms with E-state index in [9.17, 15) is 4.79 Å². The van der Waals surface area contributed by atoms with Crippen molar-refractivity contribution in [2.24, 2.45) is 7.05 Å². The third-order valence-corrected chi connectivity index (χ3v) is 2.18. The van der Waals surface area contributed by atoms with E-state index in [4.69, 9.17) is 4.74 Å². The van der Waals surface area contributed by atoms with Crippen LogP contribution in [0.3, 0.4) is 0 Å². The Morgan fingerprint density at radius 1 is 1.38 bits per heavy atom. The highest BCUT2D eigenvalue weighted by atomic mass is 16.5. The van der Waals surface area contributed by atoms with Gasteiger partial charge in [-0.1, -0.05) is 18.2 Å². The topological polar surface area (TPSA) is 44.1 Å². The first kappa shape index (κ1) is 12.2. The minimum Gasteiger partial charge on any atom is -0.419 e. The Hall–Kier alpha value is -1.84. The molecule has 86 valence electrons. The second kappa shape index (κ2) is 5.30. The minimum atomic E-state index is -0.391. The zero-order valence-electron chi connectivity index (χ0n) is 10.0. The molecule has 0 aliphatic carbocycles. The summed E-state index contributed by atoms with van der Waals surface area (Å²) in [4.78, 5) is 11.4. The number of ether oxygens (including phenoxy) is 1. The Kier molecular flexibility index (Phi) is 4.05. The summed E-state index contributed by atoms with van der Waals surface area (Å²) in [6, 6.07) is 0. The highest BCUT2D eigenvalue weighted by Crippen LogP contribution is 2.21. The van der Waals surface area contributed by atoms with E-state index in [1.807, 2.05) is 33.9 Å². The number of aryl methyl sites for hydroxylation is 2. The molecular formula is C12H16N2O2. The molecule has 0 spiro atoms. The highest BCUT2D eigenvalue weighted by Gasteiger charge is 2.12. The lowest BCUT2D eigenvalue weighted by atomic mass is 10.3. The highest BCUT2D eigenvalue weighted by molar-refractivity contribution is 5.84. The lowest BCUT2D eigenvalue weighted by Gasteiger charge is -2.00. The van der Waals surface area contributed by atoms with Gasteiger partial charge in [-0.05, 0) is 20.8 Å². The average Bonchev–Trinajstić information content (AvgIpc) is 2.46. The third kappa shape index (κ3) is 2.82. The predicted octanol–water partition coefficient (Wildman–Crippen LogP) is 2.07. The molecular weight excluding hydrogens is 204 g/mol. The van der Waals surface area contributed by atoms with Crippen molar-refractivity contribution in [2.45, 2.75) is 20.8 Å². The summed E-state index contributed by atoms with van der Waals surface area (Å²) in [5, 5.41) is 4.16. The quantitative estimate of drug-likeness (QED) is 0.445. The van der Waals surface area contributed by atoms with Crippen molar-refractivity contribution < 1.29 is 9.53 Å². The van der Waals surface area contributed by atoms with E-state index in [0.29, 0.717) is 11.4 Å². The summed E-state index contributed by atoms with van der Waals surface area (Å²) in [6.45, 7) is 5.55. The maximum atomic E-state index is 11.4. The van der Waals surface area contributed by atoms with Crippen LogP contribution in [0.25, 0.3) is 0 Å². The molecule has 0 aliphatic heterocycles. The summed E-state index contributed by atoms with van der Waals surface area (Å²) >= 11 is 0. The largest absolute Gasteiger partial charge is 0.419 e. The number of hydrogen-bond donors (Lipinski definition) is 0. The van der Waals surface area contributed by atoms with Crippen LogP contribution in [0.1, 0.15) is 18.3 Å². The van der Waals surface area contributed by atoms with Crippen LogP contribution in [0.4, 0.5) is 0 Å². The second-order valence-corrected chi connectivity index (χ2v) is 3.43. The predicted molar refractivity (Wildman–Crippen MR) is 62.3 cm³/mol. The van der Waals surface area contributed by atoms with Crippen LogP contribution in [-0.4, -0.2) is 15.7 Å². The Morgan fingerprint density at radius 3 is 2.56 bits per heavy atom. The molecule has 0 bridgehead atoms. The number of nitrogens with zero attached hydrogens (tertiary/aromatic N) is 2. The molecule has 1 aromatic heterocycles. The molecule has 0 aromatic carbocycles. The van der Waals surface area contributed by atoms with Crippen LogP contribution >= 0.6 is 0 Å². The van der Waals surface area contributed by atoms with Gasteiger partial charge in [-0.15, -0.1) is 0 Å². The van der Waals surface area contributed by atoms with Gasteiger partial charge in [0.15, 0.2) is 5.75 Å². The molecule has 0 amide bonds. The molecule has 0 saturated carbocycles. The van der Waals surface area contributed by atoms with Gasteiger partial charge in [0.05, 0.1) is 5.69 Å². The van der Waals surface area contributed by atoms with Crippen LogP contribution in [0.15, 0.2) is 24.3 Å². The van der Waals surface area contributed by atoms with Crippen molar-refractivity contribution in [1.29, 1.82) is 0 Å². The maximum absolute atomic E-state index is 11.4. The monoisotopic (exact) mass is 220 g/mol. The molecule has 0 saturated heterocycles. The van der Waals surface area contributed by atoms with Crippen LogP contribution in [0.2, 0.25) is 0 Å². The second-order valence-electron chi connectivity index (χ2n) is 3.43. The van der Waals surface area contributed by atoms with Crippen molar-refractivity contribution in [3.05, 3.63) is 35.7 Å². The average molecular weight is 220 g/mol. The van der Waals surface area contributed by atoms with Gasteiger partial charge in [0.2, 0.25) is 0 Å². The fourth-order valence-electron chi connectivity index (χ4n) is 1.28. The fourth-order valence-corrected chi connectivity index (χ4v) is 1.28. The van der Waals surface area contributed by atoms with E-state index in [1.54, 1.807) is 16.8 Å². The van der Waals surface area contributed by atoms with Crippen molar-refractivity contribution in [1.82, 2.24) is 9.78 Å². The van der Waals surface area contributed by atoms with Gasteiger partial charge in [-0.3, -0.25) is 4.68 Å². The van der Waals surface area contributed by atoms with Gasteiger partial charge in [0.25, 0.3) is 0 Å². The van der Waals surface area contributed by atoms with Crippen LogP contribution < -0.4 is 4.74 Å². The van der Waals surface area contributed by atoms with Crippen LogP contribution in [0.5, 0.6) is 5.75 Å². The zero-order valence-corrected chi connectivity index (χ0v) is 10.0. The molecule has 0 atom stereocenters. The van der Waals surface area contributed by atoms with Crippen LogP contribution in [0, 0.1) is 13.8 Å². The normalized spacial score (nSPS) is 11.5. The summed E-state index contributed by atoms with van der Waals surface area (Å²) < 4.78 is 6.89. The Morgan fingerprint density at radius 2 is 2.06 bits per heavy atom. The van der Waals surface area contributed by atoms with E-state index < -0.39 is 5.97 Å². The smallest absolute Gasteiger partial charge is 0.336 e. The van der Waals surface area contributed by atoms with Gasteiger partial charge in [-0.25, -0.2) is 4.79 Å². The Bertz CT molecular complexity index is 442. The number of allylic oxidation sites excluding steroid dienone is 3. The molecule has 16 heavy (non-hydrogen) atoms. The zero-order chi connectivity index (χ0) is 12.1. The van der Waals surface area contributed by atoms with E-state index in [-0.39, 0.29) is 0 Å². The van der Waals surface area contributed by atoms with Crippen molar-refractivity contribution in [2.75, 3.05) is 0 Å². The number of hydrogen-bond acceptors (Lipinski definition) is 3. The van der Waals surface area contributed by atoms with Gasteiger partial charge in [0, 0.05) is 13.1 Å². The molecule has 4 heteroatoms. The van der Waals surface area contributed by atoms with Gasteiger partial charge in [-0.2, -0.15) is 5.10 Å². The van der Waals surface area contributed by atoms with Gasteiger partial charge >= 0.3 is 5.97 Å². The summed E-state index contributed by atoms with van der Waals surface area (Å²) in [5.74, 6) is 0.148. The Labute approximate surface area is 95.2 Å². The molecule has 0 radical (unpaired) electrons. The SMILES string of the molecule is CC=CC=CC(=O)Oc1c(C)nn(C)c1C. The van der Waals surface area contributed by atoms with E-state index in [0.717, 1.165) is 5.69 Å². The van der Waals surface area contributed by atoms with E-state index in [1.165, 1.54) is 6.08 Å². The first-order chi connectivity index (χ1) is 7.56. The molecule has 0 aliphatic rings.